The summed E-state index contributed by atoms with van der Waals surface area (Å²) in [5.74, 6) is 0. The van der Waals surface area contributed by atoms with Crippen molar-refractivity contribution in [1.82, 2.24) is 9.97 Å². The Morgan fingerprint density at radius 3 is 2.74 bits per heavy atom. The van der Waals surface area contributed by atoms with Crippen LogP contribution in [0.15, 0.2) is 48.8 Å². The molecule has 1 aromatic heterocycles. The van der Waals surface area contributed by atoms with Gasteiger partial charge in [-0.3, -0.25) is 9.97 Å². The van der Waals surface area contributed by atoms with E-state index >= 15 is 0 Å². The van der Waals surface area contributed by atoms with Gasteiger partial charge in [-0.25, -0.2) is 0 Å². The van der Waals surface area contributed by atoms with Gasteiger partial charge in [-0.15, -0.1) is 0 Å². The van der Waals surface area contributed by atoms with E-state index in [0.29, 0.717) is 5.02 Å². The van der Waals surface area contributed by atoms with Crippen molar-refractivity contribution in [1.29, 1.82) is 0 Å². The minimum atomic E-state index is 0.665. The largest absolute Gasteiger partial charge is 0.388 e. The van der Waals surface area contributed by atoms with Gasteiger partial charge in [-0.05, 0) is 29.8 Å². The van der Waals surface area contributed by atoms with Crippen molar-refractivity contribution in [2.24, 2.45) is 0 Å². The van der Waals surface area contributed by atoms with Crippen LogP contribution in [0.1, 0.15) is 0 Å². The number of nitrogens with zero attached hydrogens (tertiary/aromatic N) is 2. The van der Waals surface area contributed by atoms with Crippen molar-refractivity contribution in [2.45, 2.75) is 0 Å². The summed E-state index contributed by atoms with van der Waals surface area (Å²) in [6, 6.07) is 11.9. The lowest BCUT2D eigenvalue weighted by molar-refractivity contribution is 1.29. The van der Waals surface area contributed by atoms with Gasteiger partial charge in [-0.2, -0.15) is 0 Å². The predicted molar refractivity (Wildman–Crippen MR) is 79.5 cm³/mol. The molecule has 94 valence electrons. The normalized spacial score (nSPS) is 10.6. The zero-order valence-electron chi connectivity index (χ0n) is 10.4. The third kappa shape index (κ3) is 2.25. The van der Waals surface area contributed by atoms with E-state index in [1.807, 2.05) is 37.4 Å². The molecular weight excluding hydrogens is 258 g/mol. The maximum absolute atomic E-state index is 6.16. The number of halogens is 1. The van der Waals surface area contributed by atoms with E-state index in [2.05, 4.69) is 21.4 Å². The summed E-state index contributed by atoms with van der Waals surface area (Å²) in [5.41, 5.74) is 4.78. The molecule has 0 unspecified atom stereocenters. The highest BCUT2D eigenvalue weighted by molar-refractivity contribution is 6.31. The quantitative estimate of drug-likeness (QED) is 0.764. The highest BCUT2D eigenvalue weighted by Gasteiger charge is 2.08. The maximum atomic E-state index is 6.16. The highest BCUT2D eigenvalue weighted by Crippen LogP contribution is 2.30. The van der Waals surface area contributed by atoms with Crippen LogP contribution in [0.2, 0.25) is 5.02 Å². The van der Waals surface area contributed by atoms with Crippen LogP contribution in [0.25, 0.3) is 22.2 Å². The van der Waals surface area contributed by atoms with E-state index in [1.54, 1.807) is 12.4 Å². The Morgan fingerprint density at radius 2 is 1.89 bits per heavy atom. The van der Waals surface area contributed by atoms with Crippen molar-refractivity contribution >= 4 is 28.3 Å². The van der Waals surface area contributed by atoms with Crippen molar-refractivity contribution in [3.8, 4) is 11.1 Å². The van der Waals surface area contributed by atoms with Crippen LogP contribution in [-0.4, -0.2) is 17.0 Å². The summed E-state index contributed by atoms with van der Waals surface area (Å²) in [7, 11) is 1.90. The van der Waals surface area contributed by atoms with Gasteiger partial charge in [0.15, 0.2) is 0 Å². The summed E-state index contributed by atoms with van der Waals surface area (Å²) in [6.07, 6.45) is 3.37. The minimum absolute atomic E-state index is 0.665. The molecule has 0 saturated heterocycles. The molecule has 2 aromatic carbocycles. The zero-order chi connectivity index (χ0) is 13.2. The van der Waals surface area contributed by atoms with Gasteiger partial charge >= 0.3 is 0 Å². The molecule has 1 heterocycles. The van der Waals surface area contributed by atoms with Crippen LogP contribution in [0, 0.1) is 0 Å². The minimum Gasteiger partial charge on any atom is -0.388 e. The molecule has 0 radical (unpaired) electrons. The SMILES string of the molecule is CNc1cccc(-c2cc(Cl)cc3nccnc23)c1. The maximum Gasteiger partial charge on any atom is 0.0966 e. The lowest BCUT2D eigenvalue weighted by Gasteiger charge is -2.08. The lowest BCUT2D eigenvalue weighted by Crippen LogP contribution is -1.90. The van der Waals surface area contributed by atoms with Crippen LogP contribution >= 0.6 is 11.6 Å². The van der Waals surface area contributed by atoms with Crippen molar-refractivity contribution in [3.63, 3.8) is 0 Å². The molecule has 0 saturated carbocycles. The summed E-state index contributed by atoms with van der Waals surface area (Å²) in [6.45, 7) is 0. The molecule has 0 bridgehead atoms. The lowest BCUT2D eigenvalue weighted by atomic mass is 10.0. The summed E-state index contributed by atoms with van der Waals surface area (Å²) < 4.78 is 0. The molecule has 0 amide bonds. The standard InChI is InChI=1S/C15H12ClN3/c1-17-12-4-2-3-10(7-12)13-8-11(16)9-14-15(13)19-6-5-18-14/h2-9,17H,1H3. The second-order valence-corrected chi connectivity index (χ2v) is 4.64. The first kappa shape index (κ1) is 11.9. The Balaban J connectivity index is 2.29. The first-order valence-electron chi connectivity index (χ1n) is 5.96. The number of hydrogen-bond donors (Lipinski definition) is 1. The number of aromatic nitrogens is 2. The third-order valence-corrected chi connectivity index (χ3v) is 3.22. The molecular formula is C15H12ClN3. The Kier molecular flexibility index (Phi) is 3.05. The number of benzene rings is 2. The fourth-order valence-electron chi connectivity index (χ4n) is 2.10. The molecule has 3 nitrogen and oxygen atoms in total. The summed E-state index contributed by atoms with van der Waals surface area (Å²) in [4.78, 5) is 8.72. The Bertz CT molecular complexity index is 740. The van der Waals surface area contributed by atoms with Crippen molar-refractivity contribution in [3.05, 3.63) is 53.8 Å². The van der Waals surface area contributed by atoms with E-state index in [4.69, 9.17) is 11.6 Å². The Labute approximate surface area is 116 Å². The number of rotatable bonds is 2. The van der Waals surface area contributed by atoms with Crippen LogP contribution in [0.3, 0.4) is 0 Å². The molecule has 0 aliphatic carbocycles. The zero-order valence-corrected chi connectivity index (χ0v) is 11.1. The number of hydrogen-bond acceptors (Lipinski definition) is 3. The molecule has 4 heteroatoms. The summed E-state index contributed by atoms with van der Waals surface area (Å²) in [5, 5.41) is 3.80. The average molecular weight is 270 g/mol. The van der Waals surface area contributed by atoms with E-state index < -0.39 is 0 Å². The van der Waals surface area contributed by atoms with Crippen LogP contribution in [-0.2, 0) is 0 Å². The van der Waals surface area contributed by atoms with Crippen LogP contribution < -0.4 is 5.32 Å². The molecule has 3 rings (SSSR count). The van der Waals surface area contributed by atoms with E-state index in [0.717, 1.165) is 27.8 Å². The van der Waals surface area contributed by atoms with Gasteiger partial charge in [0.25, 0.3) is 0 Å². The second-order valence-electron chi connectivity index (χ2n) is 4.21. The molecule has 0 spiro atoms. The fraction of sp³-hybridized carbons (Fsp3) is 0.0667. The Morgan fingerprint density at radius 1 is 1.05 bits per heavy atom. The summed E-state index contributed by atoms with van der Waals surface area (Å²) >= 11 is 6.16. The van der Waals surface area contributed by atoms with Gasteiger partial charge in [0.1, 0.15) is 0 Å². The topological polar surface area (TPSA) is 37.8 Å². The highest BCUT2D eigenvalue weighted by atomic mass is 35.5. The number of anilines is 1. The second kappa shape index (κ2) is 4.86. The predicted octanol–water partition coefficient (Wildman–Crippen LogP) is 3.99. The Hall–Kier alpha value is -2.13. The first-order valence-corrected chi connectivity index (χ1v) is 6.34. The molecule has 0 aliphatic heterocycles. The smallest absolute Gasteiger partial charge is 0.0966 e. The first-order chi connectivity index (χ1) is 9.28. The van der Waals surface area contributed by atoms with E-state index in [9.17, 15) is 0 Å². The van der Waals surface area contributed by atoms with E-state index in [-0.39, 0.29) is 0 Å². The van der Waals surface area contributed by atoms with Gasteiger partial charge < -0.3 is 5.32 Å². The van der Waals surface area contributed by atoms with E-state index in [1.165, 1.54) is 0 Å². The molecule has 0 fully saturated rings. The molecule has 19 heavy (non-hydrogen) atoms. The van der Waals surface area contributed by atoms with Crippen LogP contribution in [0.4, 0.5) is 5.69 Å². The molecule has 1 N–H and O–H groups in total. The monoisotopic (exact) mass is 269 g/mol. The van der Waals surface area contributed by atoms with Crippen molar-refractivity contribution in [2.75, 3.05) is 12.4 Å². The third-order valence-electron chi connectivity index (χ3n) is 3.00. The molecule has 0 atom stereocenters. The average Bonchev–Trinajstić information content (AvgIpc) is 2.46. The van der Waals surface area contributed by atoms with Gasteiger partial charge in [0.2, 0.25) is 0 Å². The van der Waals surface area contributed by atoms with Crippen LogP contribution in [0.5, 0.6) is 0 Å². The fourth-order valence-corrected chi connectivity index (χ4v) is 2.32. The number of nitrogens with one attached hydrogen (secondary N) is 1. The molecule has 3 aromatic rings. The number of fused-ring (bicyclic) bond motifs is 1. The van der Waals surface area contributed by atoms with Gasteiger partial charge in [0, 0.05) is 35.7 Å². The van der Waals surface area contributed by atoms with Crippen molar-refractivity contribution < 1.29 is 0 Å². The van der Waals surface area contributed by atoms with Gasteiger partial charge in [0.05, 0.1) is 11.0 Å². The molecule has 0 aliphatic rings. The van der Waals surface area contributed by atoms with Gasteiger partial charge in [-0.1, -0.05) is 23.7 Å².